The standard InChI is InChI=1S/C23H21NO5.C9H12O3/c1-13-17(12-25)24-8-7-14-9-20(28-3)21(29-4)11-16(14)23(24)22(13)15-5-6-18(26)19(10-15)27-2;1-6-4-9(12-3)7(10)5-8(6)11-2/h5-12,26H,1-4H3;4-5,10H,1-3H3. The highest BCUT2D eigenvalue weighted by atomic mass is 16.5. The molecule has 9 nitrogen and oxygen atoms in total. The highest BCUT2D eigenvalue weighted by molar-refractivity contribution is 6.08. The monoisotopic (exact) mass is 559 g/mol. The topological polar surface area (TPSA) is 108 Å². The highest BCUT2D eigenvalue weighted by Gasteiger charge is 2.20. The summed E-state index contributed by atoms with van der Waals surface area (Å²) in [7, 11) is 7.78. The summed E-state index contributed by atoms with van der Waals surface area (Å²) in [6.45, 7) is 3.80. The van der Waals surface area contributed by atoms with Gasteiger partial charge in [0.2, 0.25) is 0 Å². The Hall–Kier alpha value is -5.05. The van der Waals surface area contributed by atoms with E-state index >= 15 is 0 Å². The summed E-state index contributed by atoms with van der Waals surface area (Å²) in [6, 6.07) is 14.2. The molecule has 0 aliphatic carbocycles. The molecule has 41 heavy (non-hydrogen) atoms. The number of hydrogen-bond acceptors (Lipinski definition) is 8. The van der Waals surface area contributed by atoms with E-state index in [-0.39, 0.29) is 11.5 Å². The molecule has 0 spiro atoms. The predicted octanol–water partition coefficient (Wildman–Crippen LogP) is 6.33. The van der Waals surface area contributed by atoms with Crippen LogP contribution in [0.5, 0.6) is 40.2 Å². The molecule has 0 amide bonds. The fourth-order valence-electron chi connectivity index (χ4n) is 4.90. The molecule has 2 N–H and O–H groups in total. The van der Waals surface area contributed by atoms with Gasteiger partial charge in [-0.25, -0.2) is 0 Å². The van der Waals surface area contributed by atoms with E-state index in [1.165, 1.54) is 20.3 Å². The Balaban J connectivity index is 0.000000271. The van der Waals surface area contributed by atoms with Crippen molar-refractivity contribution in [3.05, 3.63) is 71.5 Å². The van der Waals surface area contributed by atoms with Crippen LogP contribution in [-0.2, 0) is 0 Å². The molecule has 0 fully saturated rings. The van der Waals surface area contributed by atoms with Crippen molar-refractivity contribution in [1.82, 2.24) is 4.40 Å². The molecule has 2 heterocycles. The van der Waals surface area contributed by atoms with Crippen molar-refractivity contribution < 1.29 is 38.7 Å². The van der Waals surface area contributed by atoms with Crippen LogP contribution in [0.25, 0.3) is 27.4 Å². The van der Waals surface area contributed by atoms with Gasteiger partial charge in [-0.2, -0.15) is 0 Å². The van der Waals surface area contributed by atoms with E-state index < -0.39 is 0 Å². The number of pyridine rings is 1. The van der Waals surface area contributed by atoms with Crippen LogP contribution < -0.4 is 23.7 Å². The molecular formula is C32H33NO8. The lowest BCUT2D eigenvalue weighted by Gasteiger charge is -2.12. The minimum Gasteiger partial charge on any atom is -0.504 e. The number of aromatic nitrogens is 1. The van der Waals surface area contributed by atoms with E-state index in [1.54, 1.807) is 39.5 Å². The maximum Gasteiger partial charge on any atom is 0.167 e. The molecule has 5 rings (SSSR count). The van der Waals surface area contributed by atoms with Crippen molar-refractivity contribution in [2.75, 3.05) is 35.5 Å². The number of ether oxygens (including phenoxy) is 5. The fraction of sp³-hybridized carbons (Fsp3) is 0.219. The first kappa shape index (κ1) is 28.9. The molecule has 0 saturated carbocycles. The summed E-state index contributed by atoms with van der Waals surface area (Å²) in [5.41, 5.74) is 4.95. The molecule has 0 unspecified atom stereocenters. The quantitative estimate of drug-likeness (QED) is 0.223. The van der Waals surface area contributed by atoms with Crippen molar-refractivity contribution in [3.63, 3.8) is 0 Å². The molecule has 0 aliphatic heterocycles. The second-order valence-electron chi connectivity index (χ2n) is 9.21. The number of phenols is 2. The molecule has 214 valence electrons. The van der Waals surface area contributed by atoms with Gasteiger partial charge in [-0.3, -0.25) is 4.79 Å². The van der Waals surface area contributed by atoms with Crippen LogP contribution in [0.15, 0.2) is 54.7 Å². The van der Waals surface area contributed by atoms with E-state index in [0.717, 1.165) is 44.8 Å². The van der Waals surface area contributed by atoms with Crippen LogP contribution in [0, 0.1) is 13.8 Å². The van der Waals surface area contributed by atoms with Crippen molar-refractivity contribution in [1.29, 1.82) is 0 Å². The second-order valence-corrected chi connectivity index (χ2v) is 9.21. The van der Waals surface area contributed by atoms with Crippen LogP contribution in [-0.4, -0.2) is 56.4 Å². The van der Waals surface area contributed by atoms with Gasteiger partial charge in [0.25, 0.3) is 0 Å². The normalized spacial score (nSPS) is 10.6. The number of hydrogen-bond donors (Lipinski definition) is 2. The van der Waals surface area contributed by atoms with Gasteiger partial charge in [-0.05, 0) is 72.3 Å². The largest absolute Gasteiger partial charge is 0.504 e. The zero-order valence-corrected chi connectivity index (χ0v) is 24.1. The summed E-state index contributed by atoms with van der Waals surface area (Å²) in [5, 5.41) is 21.2. The van der Waals surface area contributed by atoms with Gasteiger partial charge in [0.1, 0.15) is 5.75 Å². The number of methoxy groups -OCH3 is 5. The zero-order chi connectivity index (χ0) is 29.8. The minimum absolute atomic E-state index is 0.0595. The lowest BCUT2D eigenvalue weighted by Crippen LogP contribution is -1.94. The lowest BCUT2D eigenvalue weighted by molar-refractivity contribution is 0.111. The summed E-state index contributed by atoms with van der Waals surface area (Å²) in [5.74, 6) is 2.89. The average molecular weight is 560 g/mol. The van der Waals surface area contributed by atoms with Crippen molar-refractivity contribution >= 4 is 22.6 Å². The van der Waals surface area contributed by atoms with Gasteiger partial charge in [0, 0.05) is 23.2 Å². The van der Waals surface area contributed by atoms with Gasteiger partial charge < -0.3 is 38.3 Å². The first-order valence-electron chi connectivity index (χ1n) is 12.7. The van der Waals surface area contributed by atoms with E-state index in [2.05, 4.69) is 0 Å². The molecule has 5 aromatic rings. The molecule has 2 aromatic heterocycles. The number of benzene rings is 3. The third kappa shape index (κ3) is 5.26. The number of carbonyl (C=O) groups excluding carboxylic acids is 1. The van der Waals surface area contributed by atoms with Gasteiger partial charge >= 0.3 is 0 Å². The van der Waals surface area contributed by atoms with Crippen LogP contribution in [0.4, 0.5) is 0 Å². The summed E-state index contributed by atoms with van der Waals surface area (Å²) < 4.78 is 28.0. The Bertz CT molecular complexity index is 1710. The van der Waals surface area contributed by atoms with Crippen LogP contribution in [0.3, 0.4) is 0 Å². The number of aryl methyl sites for hydroxylation is 1. The number of aromatic hydroxyl groups is 2. The highest BCUT2D eigenvalue weighted by Crippen LogP contribution is 2.42. The molecule has 9 heteroatoms. The van der Waals surface area contributed by atoms with Gasteiger partial charge in [-0.1, -0.05) is 6.07 Å². The second kappa shape index (κ2) is 12.0. The molecule has 0 atom stereocenters. The maximum atomic E-state index is 11.9. The molecule has 0 radical (unpaired) electrons. The third-order valence-corrected chi connectivity index (χ3v) is 6.99. The van der Waals surface area contributed by atoms with Crippen LogP contribution in [0.2, 0.25) is 0 Å². The Morgan fingerprint density at radius 2 is 1.29 bits per heavy atom. The summed E-state index contributed by atoms with van der Waals surface area (Å²) >= 11 is 0. The minimum atomic E-state index is 0.0595. The number of fused-ring (bicyclic) bond motifs is 3. The van der Waals surface area contributed by atoms with Crippen LogP contribution >= 0.6 is 0 Å². The van der Waals surface area contributed by atoms with E-state index in [9.17, 15) is 15.0 Å². The molecule has 3 aromatic carbocycles. The molecule has 0 aliphatic rings. The van der Waals surface area contributed by atoms with Gasteiger partial charge in [-0.15, -0.1) is 0 Å². The maximum absolute atomic E-state index is 11.9. The number of carbonyl (C=O) groups is 1. The molecule has 0 bridgehead atoms. The smallest absolute Gasteiger partial charge is 0.167 e. The predicted molar refractivity (Wildman–Crippen MR) is 158 cm³/mol. The number of nitrogens with zero attached hydrogens (tertiary/aromatic N) is 1. The number of phenolic OH excluding ortho intramolecular Hbond substituents is 2. The first-order valence-corrected chi connectivity index (χ1v) is 12.7. The first-order chi connectivity index (χ1) is 19.7. The van der Waals surface area contributed by atoms with Crippen molar-refractivity contribution in [2.24, 2.45) is 0 Å². The Morgan fingerprint density at radius 3 is 1.90 bits per heavy atom. The van der Waals surface area contributed by atoms with Gasteiger partial charge in [0.05, 0.1) is 46.8 Å². The summed E-state index contributed by atoms with van der Waals surface area (Å²) in [4.78, 5) is 11.9. The number of rotatable bonds is 7. The molecular weight excluding hydrogens is 526 g/mol. The Kier molecular flexibility index (Phi) is 8.47. The Labute approximate surface area is 238 Å². The summed E-state index contributed by atoms with van der Waals surface area (Å²) in [6.07, 6.45) is 2.73. The average Bonchev–Trinajstić information content (AvgIpc) is 3.28. The van der Waals surface area contributed by atoms with E-state index in [0.29, 0.717) is 34.4 Å². The lowest BCUT2D eigenvalue weighted by atomic mass is 9.99. The zero-order valence-electron chi connectivity index (χ0n) is 24.1. The molecule has 0 saturated heterocycles. The van der Waals surface area contributed by atoms with Crippen LogP contribution in [0.1, 0.15) is 21.6 Å². The Morgan fingerprint density at radius 1 is 0.683 bits per heavy atom. The van der Waals surface area contributed by atoms with Gasteiger partial charge in [0.15, 0.2) is 40.8 Å². The third-order valence-electron chi connectivity index (χ3n) is 6.99. The fourth-order valence-corrected chi connectivity index (χ4v) is 4.90. The SMILES string of the molecule is COc1cc(-c2c(C)c(C=O)n3ccc4cc(OC)c(OC)cc4c23)ccc1O.COc1cc(O)c(OC)cc1C. The van der Waals surface area contributed by atoms with Crippen molar-refractivity contribution in [2.45, 2.75) is 13.8 Å². The number of aldehydes is 1. The van der Waals surface area contributed by atoms with Crippen molar-refractivity contribution in [3.8, 4) is 51.4 Å². The van der Waals surface area contributed by atoms with E-state index in [1.807, 2.05) is 48.7 Å². The van der Waals surface area contributed by atoms with E-state index in [4.69, 9.17) is 23.7 Å².